The quantitative estimate of drug-likeness (QED) is 0.525. The average Bonchev–Trinajstić information content (AvgIpc) is 1.88. The molecule has 1 atom stereocenters. The van der Waals surface area contributed by atoms with Crippen molar-refractivity contribution in [2.24, 2.45) is 0 Å². The molecule has 0 aromatic rings. The zero-order valence-electron chi connectivity index (χ0n) is 6.85. The van der Waals surface area contributed by atoms with Gasteiger partial charge < -0.3 is 15.5 Å². The predicted octanol–water partition coefficient (Wildman–Crippen LogP) is -0.891. The fourth-order valence-electron chi connectivity index (χ4n) is 1.37. The van der Waals surface area contributed by atoms with Crippen LogP contribution in [0.4, 0.5) is 0 Å². The van der Waals surface area contributed by atoms with Gasteiger partial charge in [-0.15, -0.1) is 0 Å². The highest BCUT2D eigenvalue weighted by molar-refractivity contribution is 4.77. The minimum absolute atomic E-state index is 0.642. The van der Waals surface area contributed by atoms with Crippen molar-refractivity contribution < 1.29 is 0 Å². The summed E-state index contributed by atoms with van der Waals surface area (Å²) in [5.41, 5.74) is 0. The van der Waals surface area contributed by atoms with Crippen LogP contribution in [0.3, 0.4) is 0 Å². The molecule has 0 radical (unpaired) electrons. The number of hydrogen-bond acceptors (Lipinski definition) is 3. The summed E-state index contributed by atoms with van der Waals surface area (Å²) in [6.45, 7) is 4.55. The zero-order chi connectivity index (χ0) is 7.40. The highest BCUT2D eigenvalue weighted by Crippen LogP contribution is 1.93. The highest BCUT2D eigenvalue weighted by Gasteiger charge is 2.14. The van der Waals surface area contributed by atoms with Gasteiger partial charge in [-0.25, -0.2) is 0 Å². The molecule has 0 aliphatic carbocycles. The van der Waals surface area contributed by atoms with E-state index in [-0.39, 0.29) is 0 Å². The van der Waals surface area contributed by atoms with Crippen molar-refractivity contribution in [2.75, 3.05) is 40.3 Å². The van der Waals surface area contributed by atoms with Crippen molar-refractivity contribution in [3.05, 3.63) is 0 Å². The molecule has 1 aliphatic rings. The molecule has 0 amide bonds. The van der Waals surface area contributed by atoms with E-state index in [4.69, 9.17) is 0 Å². The normalized spacial score (nSPS) is 28.8. The Morgan fingerprint density at radius 3 is 3.10 bits per heavy atom. The molecular weight excluding hydrogens is 126 g/mol. The van der Waals surface area contributed by atoms with Crippen LogP contribution in [-0.4, -0.2) is 51.2 Å². The van der Waals surface area contributed by atoms with Gasteiger partial charge >= 0.3 is 0 Å². The lowest BCUT2D eigenvalue weighted by molar-refractivity contribution is 0.237. The van der Waals surface area contributed by atoms with E-state index >= 15 is 0 Å². The maximum atomic E-state index is 3.45. The minimum atomic E-state index is 0.642. The van der Waals surface area contributed by atoms with Gasteiger partial charge in [0.25, 0.3) is 0 Å². The Bertz CT molecular complexity index is 92.9. The summed E-state index contributed by atoms with van der Waals surface area (Å²) in [5.74, 6) is 0. The summed E-state index contributed by atoms with van der Waals surface area (Å²) < 4.78 is 0. The third-order valence-electron chi connectivity index (χ3n) is 1.91. The van der Waals surface area contributed by atoms with Crippen LogP contribution in [0.5, 0.6) is 0 Å². The molecule has 2 N–H and O–H groups in total. The summed E-state index contributed by atoms with van der Waals surface area (Å²) >= 11 is 0. The van der Waals surface area contributed by atoms with Crippen molar-refractivity contribution in [1.29, 1.82) is 0 Å². The summed E-state index contributed by atoms with van der Waals surface area (Å²) in [5, 5.41) is 6.62. The van der Waals surface area contributed by atoms with Gasteiger partial charge in [-0.05, 0) is 14.1 Å². The van der Waals surface area contributed by atoms with Crippen LogP contribution >= 0.6 is 0 Å². The molecule has 1 saturated heterocycles. The fourth-order valence-corrected chi connectivity index (χ4v) is 1.37. The number of likely N-dealkylation sites (N-methyl/N-ethyl adjacent to an activating group) is 2. The van der Waals surface area contributed by atoms with Crippen LogP contribution in [0.1, 0.15) is 0 Å². The fraction of sp³-hybridized carbons (Fsp3) is 1.00. The smallest absolute Gasteiger partial charge is 0.0320 e. The summed E-state index contributed by atoms with van der Waals surface area (Å²) in [4.78, 5) is 2.36. The molecule has 10 heavy (non-hydrogen) atoms. The zero-order valence-corrected chi connectivity index (χ0v) is 6.85. The Labute approximate surface area is 62.8 Å². The number of rotatable bonds is 2. The topological polar surface area (TPSA) is 27.3 Å². The Hall–Kier alpha value is -0.120. The maximum Gasteiger partial charge on any atom is 0.0320 e. The van der Waals surface area contributed by atoms with E-state index < -0.39 is 0 Å². The molecule has 0 bridgehead atoms. The molecule has 0 spiro atoms. The van der Waals surface area contributed by atoms with Crippen LogP contribution in [0.2, 0.25) is 0 Å². The van der Waals surface area contributed by atoms with E-state index in [2.05, 4.69) is 22.6 Å². The molecule has 1 rings (SSSR count). The number of hydrogen-bond donors (Lipinski definition) is 2. The number of nitrogens with one attached hydrogen (secondary N) is 2. The Morgan fingerprint density at radius 1 is 1.70 bits per heavy atom. The molecule has 0 aromatic carbocycles. The average molecular weight is 143 g/mol. The third kappa shape index (κ3) is 2.25. The SMILES string of the molecule is CNCC1CN(C)CCN1. The van der Waals surface area contributed by atoms with Gasteiger partial charge in [0.2, 0.25) is 0 Å². The first-order valence-corrected chi connectivity index (χ1v) is 3.89. The van der Waals surface area contributed by atoms with Gasteiger partial charge in [-0.2, -0.15) is 0 Å². The molecular formula is C7H17N3. The van der Waals surface area contributed by atoms with Crippen LogP contribution in [-0.2, 0) is 0 Å². The van der Waals surface area contributed by atoms with Crippen LogP contribution in [0.15, 0.2) is 0 Å². The van der Waals surface area contributed by atoms with E-state index in [9.17, 15) is 0 Å². The van der Waals surface area contributed by atoms with Crippen LogP contribution in [0.25, 0.3) is 0 Å². The van der Waals surface area contributed by atoms with Crippen LogP contribution < -0.4 is 10.6 Å². The van der Waals surface area contributed by atoms with E-state index in [1.807, 2.05) is 7.05 Å². The third-order valence-corrected chi connectivity index (χ3v) is 1.91. The van der Waals surface area contributed by atoms with E-state index in [1.54, 1.807) is 0 Å². The lowest BCUT2D eigenvalue weighted by Gasteiger charge is -2.30. The van der Waals surface area contributed by atoms with Gasteiger partial charge in [0, 0.05) is 32.2 Å². The van der Waals surface area contributed by atoms with Gasteiger partial charge in [-0.3, -0.25) is 0 Å². The second-order valence-electron chi connectivity index (χ2n) is 2.97. The first-order chi connectivity index (χ1) is 4.83. The highest BCUT2D eigenvalue weighted by atomic mass is 15.2. The largest absolute Gasteiger partial charge is 0.318 e. The van der Waals surface area contributed by atoms with Gasteiger partial charge in [-0.1, -0.05) is 0 Å². The van der Waals surface area contributed by atoms with Crippen molar-refractivity contribution in [1.82, 2.24) is 15.5 Å². The van der Waals surface area contributed by atoms with Crippen molar-refractivity contribution >= 4 is 0 Å². The number of piperazine rings is 1. The Balaban J connectivity index is 2.18. The minimum Gasteiger partial charge on any atom is -0.318 e. The first-order valence-electron chi connectivity index (χ1n) is 3.89. The Kier molecular flexibility index (Phi) is 3.12. The van der Waals surface area contributed by atoms with Gasteiger partial charge in [0.05, 0.1) is 0 Å². The maximum absolute atomic E-state index is 3.45. The summed E-state index contributed by atoms with van der Waals surface area (Å²) in [7, 11) is 4.17. The van der Waals surface area contributed by atoms with E-state index in [0.29, 0.717) is 6.04 Å². The van der Waals surface area contributed by atoms with Crippen molar-refractivity contribution in [2.45, 2.75) is 6.04 Å². The van der Waals surface area contributed by atoms with Crippen LogP contribution in [0, 0.1) is 0 Å². The standard InChI is InChI=1S/C7H17N3/c1-8-5-7-6-10(2)4-3-9-7/h7-9H,3-6H2,1-2H3. The monoisotopic (exact) mass is 143 g/mol. The molecule has 1 fully saturated rings. The van der Waals surface area contributed by atoms with E-state index in [0.717, 1.165) is 13.1 Å². The second-order valence-corrected chi connectivity index (χ2v) is 2.97. The molecule has 0 saturated carbocycles. The van der Waals surface area contributed by atoms with Crippen molar-refractivity contribution in [3.63, 3.8) is 0 Å². The lowest BCUT2D eigenvalue weighted by atomic mass is 10.2. The second kappa shape index (κ2) is 3.91. The molecule has 60 valence electrons. The lowest BCUT2D eigenvalue weighted by Crippen LogP contribution is -2.52. The number of nitrogens with zero attached hydrogens (tertiary/aromatic N) is 1. The molecule has 1 unspecified atom stereocenters. The van der Waals surface area contributed by atoms with Gasteiger partial charge in [0.1, 0.15) is 0 Å². The van der Waals surface area contributed by atoms with E-state index in [1.165, 1.54) is 13.1 Å². The first kappa shape index (κ1) is 7.98. The summed E-state index contributed by atoms with van der Waals surface area (Å²) in [6, 6.07) is 0.642. The van der Waals surface area contributed by atoms with Crippen molar-refractivity contribution in [3.8, 4) is 0 Å². The molecule has 3 nitrogen and oxygen atoms in total. The molecule has 0 aromatic heterocycles. The molecule has 1 heterocycles. The predicted molar refractivity (Wildman–Crippen MR) is 43.2 cm³/mol. The molecule has 1 aliphatic heterocycles. The van der Waals surface area contributed by atoms with Gasteiger partial charge in [0.15, 0.2) is 0 Å². The Morgan fingerprint density at radius 2 is 2.50 bits per heavy atom. The molecule has 3 heteroatoms. The summed E-state index contributed by atoms with van der Waals surface area (Å²) in [6.07, 6.45) is 0.